The minimum Gasteiger partial charge on any atom is -0.315 e. The maximum Gasteiger partial charge on any atom is 0.214 e. The summed E-state index contributed by atoms with van der Waals surface area (Å²) in [5.74, 6) is 0.745. The Morgan fingerprint density at radius 3 is 2.67 bits per heavy atom. The van der Waals surface area contributed by atoms with Crippen molar-refractivity contribution >= 4 is 10.0 Å². The first-order valence-corrected chi connectivity index (χ1v) is 7.32. The van der Waals surface area contributed by atoms with Crippen LogP contribution < -0.4 is 5.32 Å². The largest absolute Gasteiger partial charge is 0.315 e. The molecule has 1 fully saturated rings. The van der Waals surface area contributed by atoms with Gasteiger partial charge in [0.1, 0.15) is 0 Å². The van der Waals surface area contributed by atoms with Crippen LogP contribution in [0.4, 0.5) is 0 Å². The van der Waals surface area contributed by atoms with Gasteiger partial charge in [0.2, 0.25) is 10.0 Å². The molecule has 0 aliphatic carbocycles. The van der Waals surface area contributed by atoms with Crippen molar-refractivity contribution in [3.63, 3.8) is 0 Å². The van der Waals surface area contributed by atoms with Crippen LogP contribution in [0.15, 0.2) is 0 Å². The molecular formula is C10H22N2O2S. The first kappa shape index (κ1) is 12.9. The normalized spacial score (nSPS) is 20.5. The summed E-state index contributed by atoms with van der Waals surface area (Å²) in [6.45, 7) is 7.12. The topological polar surface area (TPSA) is 49.4 Å². The highest BCUT2D eigenvalue weighted by molar-refractivity contribution is 7.89. The molecule has 0 atom stereocenters. The zero-order valence-electron chi connectivity index (χ0n) is 9.70. The zero-order valence-corrected chi connectivity index (χ0v) is 10.5. The Morgan fingerprint density at radius 2 is 2.00 bits per heavy atom. The monoisotopic (exact) mass is 234 g/mol. The summed E-state index contributed by atoms with van der Waals surface area (Å²) in [4.78, 5) is 0. The molecule has 0 aromatic heterocycles. The van der Waals surface area contributed by atoms with Crippen LogP contribution in [-0.2, 0) is 10.0 Å². The zero-order chi connectivity index (χ0) is 11.3. The van der Waals surface area contributed by atoms with E-state index in [1.165, 1.54) is 0 Å². The standard InChI is InChI=1S/C10H22N2O2S/c1-10(2)4-9-15(13,14)12-7-3-5-11-6-8-12/h10-11H,3-9H2,1-2H3. The molecule has 5 heteroatoms. The first-order valence-electron chi connectivity index (χ1n) is 5.71. The Kier molecular flexibility index (Phi) is 5.02. The van der Waals surface area contributed by atoms with Gasteiger partial charge in [-0.1, -0.05) is 13.8 Å². The van der Waals surface area contributed by atoms with Gasteiger partial charge in [0, 0.05) is 19.6 Å². The first-order chi connectivity index (χ1) is 7.02. The molecule has 0 unspecified atom stereocenters. The highest BCUT2D eigenvalue weighted by atomic mass is 32.2. The van der Waals surface area contributed by atoms with Crippen molar-refractivity contribution < 1.29 is 8.42 Å². The van der Waals surface area contributed by atoms with Crippen molar-refractivity contribution in [2.75, 3.05) is 31.9 Å². The van der Waals surface area contributed by atoms with Gasteiger partial charge in [-0.3, -0.25) is 0 Å². The lowest BCUT2D eigenvalue weighted by Crippen LogP contribution is -2.36. The Labute approximate surface area is 93.1 Å². The SMILES string of the molecule is CC(C)CCS(=O)(=O)N1CCCNCC1. The number of rotatable bonds is 4. The molecule has 90 valence electrons. The summed E-state index contributed by atoms with van der Waals surface area (Å²) in [6, 6.07) is 0. The minimum absolute atomic E-state index is 0.296. The summed E-state index contributed by atoms with van der Waals surface area (Å²) >= 11 is 0. The maximum absolute atomic E-state index is 11.9. The molecule has 0 amide bonds. The third-order valence-corrected chi connectivity index (χ3v) is 4.55. The van der Waals surface area contributed by atoms with Gasteiger partial charge in [0.25, 0.3) is 0 Å². The fourth-order valence-electron chi connectivity index (χ4n) is 1.61. The van der Waals surface area contributed by atoms with Crippen LogP contribution in [0.3, 0.4) is 0 Å². The van der Waals surface area contributed by atoms with Crippen LogP contribution in [-0.4, -0.2) is 44.7 Å². The second-order valence-corrected chi connectivity index (χ2v) is 6.59. The van der Waals surface area contributed by atoms with E-state index in [2.05, 4.69) is 19.2 Å². The van der Waals surface area contributed by atoms with Crippen LogP contribution in [0.5, 0.6) is 0 Å². The van der Waals surface area contributed by atoms with E-state index in [1.54, 1.807) is 4.31 Å². The van der Waals surface area contributed by atoms with E-state index in [0.29, 0.717) is 24.8 Å². The maximum atomic E-state index is 11.9. The summed E-state index contributed by atoms with van der Waals surface area (Å²) in [6.07, 6.45) is 1.67. The number of hydrogen-bond donors (Lipinski definition) is 1. The van der Waals surface area contributed by atoms with Crippen molar-refractivity contribution in [3.8, 4) is 0 Å². The van der Waals surface area contributed by atoms with Crippen LogP contribution >= 0.6 is 0 Å². The molecule has 0 saturated carbocycles. The van der Waals surface area contributed by atoms with Crippen molar-refractivity contribution in [2.24, 2.45) is 5.92 Å². The molecule has 1 rings (SSSR count). The average Bonchev–Trinajstić information content (AvgIpc) is 2.43. The fourth-order valence-corrected chi connectivity index (χ4v) is 3.42. The predicted molar refractivity (Wildman–Crippen MR) is 62.3 cm³/mol. The molecule has 15 heavy (non-hydrogen) atoms. The van der Waals surface area contributed by atoms with E-state index in [9.17, 15) is 8.42 Å². The number of hydrogen-bond acceptors (Lipinski definition) is 3. The molecule has 1 heterocycles. The molecular weight excluding hydrogens is 212 g/mol. The van der Waals surface area contributed by atoms with Crippen molar-refractivity contribution in [2.45, 2.75) is 26.7 Å². The average molecular weight is 234 g/mol. The molecule has 1 aliphatic heterocycles. The molecule has 0 spiro atoms. The van der Waals surface area contributed by atoms with E-state index < -0.39 is 10.0 Å². The molecule has 4 nitrogen and oxygen atoms in total. The van der Waals surface area contributed by atoms with Gasteiger partial charge in [0.05, 0.1) is 5.75 Å². The molecule has 0 aromatic rings. The highest BCUT2D eigenvalue weighted by Gasteiger charge is 2.22. The number of nitrogens with one attached hydrogen (secondary N) is 1. The third kappa shape index (κ3) is 4.49. The Bertz CT molecular complexity index is 267. The second kappa shape index (κ2) is 5.82. The van der Waals surface area contributed by atoms with Gasteiger partial charge in [-0.25, -0.2) is 12.7 Å². The molecule has 1 saturated heterocycles. The minimum atomic E-state index is -3.01. The van der Waals surface area contributed by atoms with Gasteiger partial charge >= 0.3 is 0 Å². The second-order valence-electron chi connectivity index (χ2n) is 4.50. The van der Waals surface area contributed by atoms with Gasteiger partial charge in [0.15, 0.2) is 0 Å². The highest BCUT2D eigenvalue weighted by Crippen LogP contribution is 2.09. The molecule has 0 bridgehead atoms. The summed E-state index contributed by atoms with van der Waals surface area (Å²) < 4.78 is 25.5. The van der Waals surface area contributed by atoms with Gasteiger partial charge in [-0.2, -0.15) is 0 Å². The lowest BCUT2D eigenvalue weighted by Gasteiger charge is -2.20. The predicted octanol–water partition coefficient (Wildman–Crippen LogP) is 0.658. The van der Waals surface area contributed by atoms with Crippen molar-refractivity contribution in [1.82, 2.24) is 9.62 Å². The van der Waals surface area contributed by atoms with E-state index in [1.807, 2.05) is 0 Å². The fraction of sp³-hybridized carbons (Fsp3) is 1.00. The van der Waals surface area contributed by atoms with Gasteiger partial charge in [-0.15, -0.1) is 0 Å². The smallest absolute Gasteiger partial charge is 0.214 e. The lowest BCUT2D eigenvalue weighted by molar-refractivity contribution is 0.428. The van der Waals surface area contributed by atoms with E-state index in [-0.39, 0.29) is 0 Å². The Hall–Kier alpha value is -0.130. The van der Waals surface area contributed by atoms with Crippen LogP contribution in [0.1, 0.15) is 26.7 Å². The molecule has 0 radical (unpaired) electrons. The summed E-state index contributed by atoms with van der Waals surface area (Å²) in [5, 5.41) is 3.21. The van der Waals surface area contributed by atoms with Crippen LogP contribution in [0.2, 0.25) is 0 Å². The number of nitrogens with zero attached hydrogens (tertiary/aromatic N) is 1. The molecule has 1 aliphatic rings. The van der Waals surface area contributed by atoms with E-state index in [4.69, 9.17) is 0 Å². The molecule has 1 N–H and O–H groups in total. The van der Waals surface area contributed by atoms with Crippen molar-refractivity contribution in [3.05, 3.63) is 0 Å². The molecule has 0 aromatic carbocycles. The third-order valence-electron chi connectivity index (χ3n) is 2.65. The van der Waals surface area contributed by atoms with Crippen molar-refractivity contribution in [1.29, 1.82) is 0 Å². The summed E-state index contributed by atoms with van der Waals surface area (Å²) in [7, 11) is -3.01. The van der Waals surface area contributed by atoms with E-state index in [0.717, 1.165) is 25.9 Å². The summed E-state index contributed by atoms with van der Waals surface area (Å²) in [5.41, 5.74) is 0. The van der Waals surface area contributed by atoms with Gasteiger partial charge in [-0.05, 0) is 25.3 Å². The van der Waals surface area contributed by atoms with Crippen LogP contribution in [0, 0.1) is 5.92 Å². The number of sulfonamides is 1. The Balaban J connectivity index is 2.51. The Morgan fingerprint density at radius 1 is 1.27 bits per heavy atom. The van der Waals surface area contributed by atoms with Gasteiger partial charge < -0.3 is 5.32 Å². The van der Waals surface area contributed by atoms with E-state index >= 15 is 0 Å². The quantitative estimate of drug-likeness (QED) is 0.777. The lowest BCUT2D eigenvalue weighted by atomic mass is 10.2. The van der Waals surface area contributed by atoms with Crippen LogP contribution in [0.25, 0.3) is 0 Å².